The second-order valence-corrected chi connectivity index (χ2v) is 6.63. The van der Waals surface area contributed by atoms with Crippen LogP contribution in [0.2, 0.25) is 0 Å². The molecule has 0 saturated heterocycles. The van der Waals surface area contributed by atoms with Gasteiger partial charge in [0.25, 0.3) is 0 Å². The molecule has 4 heteroatoms. The summed E-state index contributed by atoms with van der Waals surface area (Å²) in [5.74, 6) is 0. The van der Waals surface area contributed by atoms with Crippen molar-refractivity contribution in [3.05, 3.63) is 34.9 Å². The average Bonchev–Trinajstić information content (AvgIpc) is 2.70. The van der Waals surface area contributed by atoms with Gasteiger partial charge in [-0.2, -0.15) is 0 Å². The lowest BCUT2D eigenvalue weighted by atomic mass is 10.0. The highest BCUT2D eigenvalue weighted by molar-refractivity contribution is 5.69. The van der Waals surface area contributed by atoms with Crippen molar-refractivity contribution in [1.82, 2.24) is 9.80 Å². The maximum Gasteiger partial charge on any atom is 0.410 e. The number of benzene rings is 1. The monoisotopic (exact) mass is 276 g/mol. The molecule has 0 atom stereocenters. The minimum atomic E-state index is -0.446. The van der Waals surface area contributed by atoms with E-state index in [1.807, 2.05) is 20.8 Å². The smallest absolute Gasteiger partial charge is 0.410 e. The predicted molar refractivity (Wildman–Crippen MR) is 79.3 cm³/mol. The summed E-state index contributed by atoms with van der Waals surface area (Å²) in [6, 6.07) is 6.30. The van der Waals surface area contributed by atoms with Crippen LogP contribution in [0.4, 0.5) is 4.79 Å². The molecule has 1 aromatic rings. The number of nitrogens with zero attached hydrogens (tertiary/aromatic N) is 2. The van der Waals surface area contributed by atoms with E-state index in [2.05, 4.69) is 37.2 Å². The van der Waals surface area contributed by atoms with Crippen LogP contribution in [-0.4, -0.2) is 35.6 Å². The molecule has 0 radical (unpaired) electrons. The topological polar surface area (TPSA) is 32.8 Å². The molecule has 0 aliphatic carbocycles. The first-order valence-corrected chi connectivity index (χ1v) is 6.98. The van der Waals surface area contributed by atoms with Gasteiger partial charge in [0, 0.05) is 13.1 Å². The van der Waals surface area contributed by atoms with Gasteiger partial charge in [0.1, 0.15) is 5.60 Å². The Bertz CT molecular complexity index is 504. The Morgan fingerprint density at radius 2 is 2.00 bits per heavy atom. The number of rotatable bonds is 2. The van der Waals surface area contributed by atoms with E-state index in [1.165, 1.54) is 16.7 Å². The van der Waals surface area contributed by atoms with Gasteiger partial charge in [-0.15, -0.1) is 0 Å². The van der Waals surface area contributed by atoms with Gasteiger partial charge in [0.05, 0.1) is 6.54 Å². The molecule has 1 amide bonds. The van der Waals surface area contributed by atoms with Crippen molar-refractivity contribution in [3.8, 4) is 0 Å². The Morgan fingerprint density at radius 3 is 2.60 bits per heavy atom. The molecule has 4 nitrogen and oxygen atoms in total. The Labute approximate surface area is 121 Å². The van der Waals surface area contributed by atoms with E-state index < -0.39 is 5.60 Å². The van der Waals surface area contributed by atoms with Crippen LogP contribution in [0.5, 0.6) is 0 Å². The average molecular weight is 276 g/mol. The molecular formula is C16H24N2O2. The summed E-state index contributed by atoms with van der Waals surface area (Å²) in [5.41, 5.74) is 3.35. The zero-order chi connectivity index (χ0) is 14.9. The van der Waals surface area contributed by atoms with Crippen LogP contribution in [0.3, 0.4) is 0 Å². The molecule has 1 aromatic carbocycles. The van der Waals surface area contributed by atoms with Crippen molar-refractivity contribution >= 4 is 6.09 Å². The van der Waals surface area contributed by atoms with E-state index in [4.69, 9.17) is 4.74 Å². The molecule has 0 N–H and O–H groups in total. The summed E-state index contributed by atoms with van der Waals surface area (Å²) in [6.45, 7) is 7.87. The second kappa shape index (κ2) is 5.44. The highest BCUT2D eigenvalue weighted by Crippen LogP contribution is 2.27. The lowest BCUT2D eigenvalue weighted by molar-refractivity contribution is 0.0241. The third-order valence-corrected chi connectivity index (χ3v) is 3.22. The van der Waals surface area contributed by atoms with Crippen LogP contribution >= 0.6 is 0 Å². The fourth-order valence-electron chi connectivity index (χ4n) is 2.44. The van der Waals surface area contributed by atoms with Crippen molar-refractivity contribution in [3.63, 3.8) is 0 Å². The summed E-state index contributed by atoms with van der Waals surface area (Å²) >= 11 is 0. The number of amides is 1. The lowest BCUT2D eigenvalue weighted by Crippen LogP contribution is -2.33. The van der Waals surface area contributed by atoms with E-state index >= 15 is 0 Å². The fraction of sp³-hybridized carbons (Fsp3) is 0.562. The van der Waals surface area contributed by atoms with E-state index in [0.717, 1.165) is 6.54 Å². The first-order chi connectivity index (χ1) is 9.26. The highest BCUT2D eigenvalue weighted by atomic mass is 16.6. The number of carbonyl (C=O) groups excluding carboxylic acids is 1. The molecule has 110 valence electrons. The molecule has 2 rings (SSSR count). The van der Waals surface area contributed by atoms with Gasteiger partial charge in [0.2, 0.25) is 0 Å². The maximum absolute atomic E-state index is 12.2. The quantitative estimate of drug-likeness (QED) is 0.832. The highest BCUT2D eigenvalue weighted by Gasteiger charge is 2.28. The Hall–Kier alpha value is -1.55. The Morgan fingerprint density at radius 1 is 1.30 bits per heavy atom. The van der Waals surface area contributed by atoms with Crippen LogP contribution in [0.15, 0.2) is 18.2 Å². The first-order valence-electron chi connectivity index (χ1n) is 6.98. The van der Waals surface area contributed by atoms with Crippen LogP contribution < -0.4 is 0 Å². The summed E-state index contributed by atoms with van der Waals surface area (Å²) in [5, 5.41) is 0. The molecular weight excluding hydrogens is 252 g/mol. The van der Waals surface area contributed by atoms with Gasteiger partial charge in [-0.25, -0.2) is 4.79 Å². The van der Waals surface area contributed by atoms with Crippen LogP contribution in [-0.2, 0) is 24.4 Å². The SMILES string of the molecule is CN(C)Cc1cccc2c1CN(C(=O)OC(C)(C)C)C2. The van der Waals surface area contributed by atoms with Gasteiger partial charge in [-0.1, -0.05) is 18.2 Å². The van der Waals surface area contributed by atoms with E-state index in [1.54, 1.807) is 4.90 Å². The van der Waals surface area contributed by atoms with Crippen molar-refractivity contribution in [2.75, 3.05) is 14.1 Å². The number of carbonyl (C=O) groups is 1. The Kier molecular flexibility index (Phi) is 4.04. The summed E-state index contributed by atoms with van der Waals surface area (Å²) < 4.78 is 5.45. The van der Waals surface area contributed by atoms with Crippen LogP contribution in [0.1, 0.15) is 37.5 Å². The summed E-state index contributed by atoms with van der Waals surface area (Å²) in [7, 11) is 4.11. The molecule has 0 aromatic heterocycles. The third-order valence-electron chi connectivity index (χ3n) is 3.22. The van der Waals surface area contributed by atoms with E-state index in [9.17, 15) is 4.79 Å². The standard InChI is InChI=1S/C16H24N2O2/c1-16(2,3)20-15(19)18-10-13-8-6-7-12(9-17(4)5)14(13)11-18/h6-8H,9-11H2,1-5H3. The zero-order valence-electron chi connectivity index (χ0n) is 13.1. The van der Waals surface area contributed by atoms with Crippen molar-refractivity contribution in [2.24, 2.45) is 0 Å². The van der Waals surface area contributed by atoms with Gasteiger partial charge in [-0.05, 0) is 51.6 Å². The maximum atomic E-state index is 12.2. The molecule has 1 aliphatic heterocycles. The Balaban J connectivity index is 2.13. The van der Waals surface area contributed by atoms with Crippen molar-refractivity contribution in [2.45, 2.75) is 46.0 Å². The molecule has 20 heavy (non-hydrogen) atoms. The van der Waals surface area contributed by atoms with Crippen molar-refractivity contribution < 1.29 is 9.53 Å². The molecule has 1 heterocycles. The second-order valence-electron chi connectivity index (χ2n) is 6.63. The molecule has 0 fully saturated rings. The summed E-state index contributed by atoms with van der Waals surface area (Å²) in [4.78, 5) is 16.1. The number of hydrogen-bond donors (Lipinski definition) is 0. The van der Waals surface area contributed by atoms with Crippen molar-refractivity contribution in [1.29, 1.82) is 0 Å². The number of ether oxygens (including phenoxy) is 1. The molecule has 1 aliphatic rings. The van der Waals surface area contributed by atoms with Crippen LogP contribution in [0, 0.1) is 0 Å². The number of hydrogen-bond acceptors (Lipinski definition) is 3. The molecule has 0 saturated carbocycles. The molecule has 0 unspecified atom stereocenters. The largest absolute Gasteiger partial charge is 0.444 e. The number of fused-ring (bicyclic) bond motifs is 1. The molecule has 0 bridgehead atoms. The van der Waals surface area contributed by atoms with Gasteiger partial charge in [-0.3, -0.25) is 4.90 Å². The van der Waals surface area contributed by atoms with E-state index in [0.29, 0.717) is 13.1 Å². The fourth-order valence-corrected chi connectivity index (χ4v) is 2.44. The third kappa shape index (κ3) is 3.51. The summed E-state index contributed by atoms with van der Waals surface area (Å²) in [6.07, 6.45) is -0.232. The lowest BCUT2D eigenvalue weighted by Gasteiger charge is -2.24. The van der Waals surface area contributed by atoms with E-state index in [-0.39, 0.29) is 6.09 Å². The minimum absolute atomic E-state index is 0.232. The predicted octanol–water partition coefficient (Wildman–Crippen LogP) is 3.00. The van der Waals surface area contributed by atoms with Gasteiger partial charge in [0.15, 0.2) is 0 Å². The normalized spacial score (nSPS) is 14.6. The van der Waals surface area contributed by atoms with Gasteiger partial charge < -0.3 is 9.64 Å². The first kappa shape index (κ1) is 14.9. The minimum Gasteiger partial charge on any atom is -0.444 e. The molecule has 0 spiro atoms. The zero-order valence-corrected chi connectivity index (χ0v) is 13.1. The van der Waals surface area contributed by atoms with Crippen LogP contribution in [0.25, 0.3) is 0 Å². The van der Waals surface area contributed by atoms with Gasteiger partial charge >= 0.3 is 6.09 Å².